The maximum atomic E-state index is 13.3. The van der Waals surface area contributed by atoms with Crippen molar-refractivity contribution in [1.29, 1.82) is 0 Å². The summed E-state index contributed by atoms with van der Waals surface area (Å²) in [6.45, 7) is 5.21. The first-order valence-corrected chi connectivity index (χ1v) is 11.6. The molecule has 0 aliphatic heterocycles. The Bertz CT molecular complexity index is 1330. The van der Waals surface area contributed by atoms with Crippen molar-refractivity contribution < 1.29 is 45.7 Å². The van der Waals surface area contributed by atoms with Crippen molar-refractivity contribution in [2.45, 2.75) is 45.1 Å². The van der Waals surface area contributed by atoms with E-state index in [1.54, 1.807) is 20.8 Å². The topological polar surface area (TPSA) is 98.5 Å². The quantitative estimate of drug-likeness (QED) is 0.264. The molecule has 0 aliphatic carbocycles. The van der Waals surface area contributed by atoms with Crippen molar-refractivity contribution in [2.75, 3.05) is 13.2 Å². The molecule has 0 aliphatic rings. The molecule has 0 unspecified atom stereocenters. The highest BCUT2D eigenvalue weighted by atomic mass is 19.4. The van der Waals surface area contributed by atoms with Crippen LogP contribution in [0.2, 0.25) is 0 Å². The van der Waals surface area contributed by atoms with Gasteiger partial charge < -0.3 is 19.9 Å². The van der Waals surface area contributed by atoms with Gasteiger partial charge in [0.1, 0.15) is 22.8 Å². The fourth-order valence-electron chi connectivity index (χ4n) is 3.53. The number of carbonyl (C=O) groups is 1. The third-order valence-electron chi connectivity index (χ3n) is 5.19. The Labute approximate surface area is 219 Å². The highest BCUT2D eigenvalue weighted by Gasteiger charge is 2.36. The molecule has 212 valence electrons. The van der Waals surface area contributed by atoms with Gasteiger partial charge >= 0.3 is 18.4 Å². The number of nitrogens with zero attached hydrogens (tertiary/aromatic N) is 3. The molecule has 1 aromatic carbocycles. The number of rotatable bonds is 7. The number of alkyl carbamates (subject to hydrolysis) is 1. The van der Waals surface area contributed by atoms with Gasteiger partial charge in [-0.3, -0.25) is 9.67 Å². The van der Waals surface area contributed by atoms with Crippen LogP contribution in [0.15, 0.2) is 36.7 Å². The van der Waals surface area contributed by atoms with Crippen molar-refractivity contribution in [1.82, 2.24) is 20.1 Å². The van der Waals surface area contributed by atoms with Gasteiger partial charge in [-0.25, -0.2) is 4.79 Å². The number of benzene rings is 1. The number of carbonyl (C=O) groups excluding carboxylic acids is 1. The summed E-state index contributed by atoms with van der Waals surface area (Å²) in [5.74, 6) is -0.700. The second kappa shape index (κ2) is 11.0. The molecule has 2 aromatic heterocycles. The van der Waals surface area contributed by atoms with Crippen LogP contribution < -0.4 is 10.1 Å². The van der Waals surface area contributed by atoms with Crippen LogP contribution in [0.5, 0.6) is 11.5 Å². The summed E-state index contributed by atoms with van der Waals surface area (Å²) in [4.78, 5) is 15.4. The number of hydrogen-bond donors (Lipinski definition) is 2. The molecule has 2 heterocycles. The van der Waals surface area contributed by atoms with E-state index in [0.29, 0.717) is 16.9 Å². The second-order valence-corrected chi connectivity index (χ2v) is 9.46. The van der Waals surface area contributed by atoms with Crippen molar-refractivity contribution in [3.63, 3.8) is 0 Å². The molecule has 2 N–H and O–H groups in total. The van der Waals surface area contributed by atoms with Crippen molar-refractivity contribution in [3.8, 4) is 33.9 Å². The lowest BCUT2D eigenvalue weighted by molar-refractivity contribution is -0.143. The average molecular weight is 560 g/mol. The normalized spacial score (nSPS) is 12.4. The number of hydrogen-bond acceptors (Lipinski definition) is 6. The number of halogens is 6. The summed E-state index contributed by atoms with van der Waals surface area (Å²) in [5.41, 5.74) is -3.69. The molecule has 14 heteroatoms. The van der Waals surface area contributed by atoms with E-state index in [2.05, 4.69) is 15.4 Å². The van der Waals surface area contributed by atoms with Gasteiger partial charge in [0.25, 0.3) is 0 Å². The molecule has 0 bridgehead atoms. The Morgan fingerprint density at radius 3 is 2.33 bits per heavy atom. The number of alkyl halides is 6. The highest BCUT2D eigenvalue weighted by Crippen LogP contribution is 2.45. The molecule has 0 spiro atoms. The number of phenols is 1. The predicted molar refractivity (Wildman–Crippen MR) is 128 cm³/mol. The molecule has 0 atom stereocenters. The molecule has 0 fully saturated rings. The lowest BCUT2D eigenvalue weighted by Crippen LogP contribution is -2.33. The summed E-state index contributed by atoms with van der Waals surface area (Å²) in [6, 6.07) is 4.00. The van der Waals surface area contributed by atoms with Gasteiger partial charge in [-0.05, 0) is 51.5 Å². The van der Waals surface area contributed by atoms with Crippen LogP contribution in [0, 0.1) is 0 Å². The van der Waals surface area contributed by atoms with Crippen molar-refractivity contribution in [2.24, 2.45) is 7.05 Å². The number of nitrogens with one attached hydrogen (secondary N) is 1. The Kier molecular flexibility index (Phi) is 8.36. The lowest BCUT2D eigenvalue weighted by atomic mass is 9.98. The van der Waals surface area contributed by atoms with E-state index in [9.17, 15) is 36.2 Å². The first-order chi connectivity index (χ1) is 18.0. The van der Waals surface area contributed by atoms with Gasteiger partial charge in [0, 0.05) is 37.1 Å². The molecule has 39 heavy (non-hydrogen) atoms. The maximum absolute atomic E-state index is 13.3. The van der Waals surface area contributed by atoms with E-state index in [1.807, 2.05) is 0 Å². The zero-order valence-electron chi connectivity index (χ0n) is 21.4. The van der Waals surface area contributed by atoms with Gasteiger partial charge in [-0.1, -0.05) is 0 Å². The molecule has 0 saturated carbocycles. The minimum Gasteiger partial charge on any atom is -0.506 e. The third-order valence-corrected chi connectivity index (χ3v) is 5.19. The Morgan fingerprint density at radius 1 is 1.05 bits per heavy atom. The molecule has 3 rings (SSSR count). The summed E-state index contributed by atoms with van der Waals surface area (Å²) in [5, 5.41) is 17.4. The van der Waals surface area contributed by atoms with E-state index < -0.39 is 41.1 Å². The largest absolute Gasteiger partial charge is 0.506 e. The standard InChI is InChI=1S/C25H26F6N4O4/c1-23(2,3)39-22(37)33-8-5-9-38-18-7-6-16(17-11-19(25(29,30)31)35(4)34-17)21(36)20(18)14-10-15(13-32-12-14)24(26,27)28/h6-7,10-13,36H,5,8-9H2,1-4H3,(H,33,37). The number of aryl methyl sites for hydroxylation is 1. The minimum atomic E-state index is -4.74. The Balaban J connectivity index is 1.94. The summed E-state index contributed by atoms with van der Waals surface area (Å²) < 4.78 is 91.3. The SMILES string of the molecule is Cn1nc(-c2ccc(OCCCNC(=O)OC(C)(C)C)c(-c3cncc(C(F)(F)F)c3)c2O)cc1C(F)(F)F. The fourth-order valence-corrected chi connectivity index (χ4v) is 3.53. The summed E-state index contributed by atoms with van der Waals surface area (Å²) >= 11 is 0. The van der Waals surface area contributed by atoms with E-state index in [0.717, 1.165) is 19.3 Å². The average Bonchev–Trinajstić information content (AvgIpc) is 3.19. The van der Waals surface area contributed by atoms with Crippen LogP contribution >= 0.6 is 0 Å². The lowest BCUT2D eigenvalue weighted by Gasteiger charge is -2.19. The Morgan fingerprint density at radius 2 is 1.74 bits per heavy atom. The van der Waals surface area contributed by atoms with Gasteiger partial charge in [0.15, 0.2) is 0 Å². The van der Waals surface area contributed by atoms with Crippen LogP contribution in [-0.4, -0.2) is 44.7 Å². The third kappa shape index (κ3) is 7.54. The molecule has 0 radical (unpaired) electrons. The number of ether oxygens (including phenoxy) is 2. The number of phenolic OH excluding ortho intramolecular Hbond substituents is 1. The molecular weight excluding hydrogens is 534 g/mol. The predicted octanol–water partition coefficient (Wildman–Crippen LogP) is 6.19. The smallest absolute Gasteiger partial charge is 0.433 e. The van der Waals surface area contributed by atoms with E-state index in [-0.39, 0.29) is 47.7 Å². The van der Waals surface area contributed by atoms with Crippen LogP contribution in [0.4, 0.5) is 31.1 Å². The van der Waals surface area contributed by atoms with E-state index in [1.165, 1.54) is 12.1 Å². The summed E-state index contributed by atoms with van der Waals surface area (Å²) in [6.07, 6.45) is -8.19. The molecule has 3 aromatic rings. The van der Waals surface area contributed by atoms with Crippen LogP contribution in [0.1, 0.15) is 38.4 Å². The summed E-state index contributed by atoms with van der Waals surface area (Å²) in [7, 11) is 1.07. The maximum Gasteiger partial charge on any atom is 0.433 e. The number of aromatic hydroxyl groups is 1. The molecular formula is C25H26F6N4O4. The fraction of sp³-hybridized carbons (Fsp3) is 0.400. The van der Waals surface area contributed by atoms with Gasteiger partial charge in [0.2, 0.25) is 0 Å². The van der Waals surface area contributed by atoms with Crippen LogP contribution in [0.25, 0.3) is 22.4 Å². The van der Waals surface area contributed by atoms with Crippen molar-refractivity contribution >= 4 is 6.09 Å². The molecule has 1 amide bonds. The minimum absolute atomic E-state index is 0.0320. The molecule has 8 nitrogen and oxygen atoms in total. The Hall–Kier alpha value is -3.97. The van der Waals surface area contributed by atoms with Gasteiger partial charge in [-0.15, -0.1) is 0 Å². The van der Waals surface area contributed by atoms with Gasteiger partial charge in [0.05, 0.1) is 23.4 Å². The number of amides is 1. The first kappa shape index (κ1) is 29.6. The molecule has 0 saturated heterocycles. The highest BCUT2D eigenvalue weighted by molar-refractivity contribution is 5.85. The second-order valence-electron chi connectivity index (χ2n) is 9.46. The van der Waals surface area contributed by atoms with Crippen LogP contribution in [-0.2, 0) is 24.1 Å². The van der Waals surface area contributed by atoms with Gasteiger partial charge in [-0.2, -0.15) is 31.4 Å². The van der Waals surface area contributed by atoms with E-state index >= 15 is 0 Å². The first-order valence-electron chi connectivity index (χ1n) is 11.6. The van der Waals surface area contributed by atoms with E-state index in [4.69, 9.17) is 9.47 Å². The van der Waals surface area contributed by atoms with Crippen LogP contribution in [0.3, 0.4) is 0 Å². The zero-order valence-corrected chi connectivity index (χ0v) is 21.4. The monoisotopic (exact) mass is 560 g/mol. The van der Waals surface area contributed by atoms with Crippen molar-refractivity contribution in [3.05, 3.63) is 47.9 Å². The number of aromatic nitrogens is 3. The zero-order chi connectivity index (χ0) is 29.2. The number of pyridine rings is 1.